The summed E-state index contributed by atoms with van der Waals surface area (Å²) in [6.45, 7) is 0.878. The Morgan fingerprint density at radius 3 is 2.63 bits per heavy atom. The van der Waals surface area contributed by atoms with Crippen molar-refractivity contribution in [2.24, 2.45) is 5.73 Å². The standard InChI is InChI=1S/C14H15BrN2O2/c1-18-12-4-2-10(3-5-12)9-19-14-6-11(7-16)17-8-13(14)15/h2-6,8H,7,9,16H2,1H3. The highest BCUT2D eigenvalue weighted by molar-refractivity contribution is 9.10. The van der Waals surface area contributed by atoms with Gasteiger partial charge in [-0.25, -0.2) is 0 Å². The van der Waals surface area contributed by atoms with Crippen molar-refractivity contribution in [3.8, 4) is 11.5 Å². The number of ether oxygens (including phenoxy) is 2. The monoisotopic (exact) mass is 322 g/mol. The molecule has 1 aromatic carbocycles. The predicted molar refractivity (Wildman–Crippen MR) is 77.2 cm³/mol. The summed E-state index contributed by atoms with van der Waals surface area (Å²) in [6.07, 6.45) is 1.70. The average molecular weight is 323 g/mol. The van der Waals surface area contributed by atoms with Gasteiger partial charge in [0.25, 0.3) is 0 Å². The Kier molecular flexibility index (Phi) is 4.76. The summed E-state index contributed by atoms with van der Waals surface area (Å²) in [5.41, 5.74) is 7.43. The first-order valence-corrected chi connectivity index (χ1v) is 6.62. The lowest BCUT2D eigenvalue weighted by molar-refractivity contribution is 0.303. The maximum atomic E-state index is 5.76. The van der Waals surface area contributed by atoms with Crippen molar-refractivity contribution >= 4 is 15.9 Å². The summed E-state index contributed by atoms with van der Waals surface area (Å²) in [7, 11) is 1.65. The van der Waals surface area contributed by atoms with Crippen LogP contribution in [-0.2, 0) is 13.2 Å². The molecule has 0 fully saturated rings. The molecule has 1 heterocycles. The topological polar surface area (TPSA) is 57.4 Å². The van der Waals surface area contributed by atoms with Crippen molar-refractivity contribution in [1.29, 1.82) is 0 Å². The fourth-order valence-corrected chi connectivity index (χ4v) is 1.90. The minimum absolute atomic E-state index is 0.395. The van der Waals surface area contributed by atoms with E-state index in [2.05, 4.69) is 20.9 Å². The fraction of sp³-hybridized carbons (Fsp3) is 0.214. The van der Waals surface area contributed by atoms with E-state index >= 15 is 0 Å². The molecule has 0 aliphatic carbocycles. The number of nitrogens with two attached hydrogens (primary N) is 1. The number of rotatable bonds is 5. The summed E-state index contributed by atoms with van der Waals surface area (Å²) in [6, 6.07) is 9.60. The highest BCUT2D eigenvalue weighted by Gasteiger charge is 2.04. The zero-order valence-corrected chi connectivity index (χ0v) is 12.2. The van der Waals surface area contributed by atoms with Crippen LogP contribution in [0.25, 0.3) is 0 Å². The van der Waals surface area contributed by atoms with Gasteiger partial charge in [-0.15, -0.1) is 0 Å². The van der Waals surface area contributed by atoms with Crippen LogP contribution in [0.2, 0.25) is 0 Å². The predicted octanol–water partition coefficient (Wildman–Crippen LogP) is 2.89. The van der Waals surface area contributed by atoms with Crippen LogP contribution < -0.4 is 15.2 Å². The van der Waals surface area contributed by atoms with Crippen molar-refractivity contribution in [2.75, 3.05) is 7.11 Å². The van der Waals surface area contributed by atoms with Crippen molar-refractivity contribution in [1.82, 2.24) is 4.98 Å². The normalized spacial score (nSPS) is 10.3. The molecule has 4 nitrogen and oxygen atoms in total. The smallest absolute Gasteiger partial charge is 0.137 e. The van der Waals surface area contributed by atoms with Crippen molar-refractivity contribution in [3.05, 3.63) is 52.3 Å². The number of pyridine rings is 1. The molecule has 0 unspecified atom stereocenters. The van der Waals surface area contributed by atoms with E-state index in [-0.39, 0.29) is 0 Å². The van der Waals surface area contributed by atoms with Gasteiger partial charge in [0.2, 0.25) is 0 Å². The molecule has 1 aromatic heterocycles. The van der Waals surface area contributed by atoms with Crippen LogP contribution >= 0.6 is 15.9 Å². The summed E-state index contributed by atoms with van der Waals surface area (Å²) in [4.78, 5) is 4.17. The van der Waals surface area contributed by atoms with Gasteiger partial charge in [0.1, 0.15) is 18.1 Å². The van der Waals surface area contributed by atoms with Gasteiger partial charge in [0.05, 0.1) is 17.3 Å². The largest absolute Gasteiger partial charge is 0.497 e. The Morgan fingerprint density at radius 2 is 2.00 bits per heavy atom. The molecule has 0 spiro atoms. The molecule has 2 rings (SSSR count). The van der Waals surface area contributed by atoms with Crippen LogP contribution in [0, 0.1) is 0 Å². The number of aromatic nitrogens is 1. The van der Waals surface area contributed by atoms with Gasteiger partial charge in [0.15, 0.2) is 0 Å². The first-order chi connectivity index (χ1) is 9.22. The quantitative estimate of drug-likeness (QED) is 0.919. The molecule has 2 N–H and O–H groups in total. The third-order valence-corrected chi connectivity index (χ3v) is 3.23. The third-order valence-electron chi connectivity index (χ3n) is 2.64. The lowest BCUT2D eigenvalue weighted by Crippen LogP contribution is -2.02. The summed E-state index contributed by atoms with van der Waals surface area (Å²) >= 11 is 3.41. The summed E-state index contributed by atoms with van der Waals surface area (Å²) in [5, 5.41) is 0. The number of nitrogens with zero attached hydrogens (tertiary/aromatic N) is 1. The van der Waals surface area contributed by atoms with E-state index in [1.165, 1.54) is 0 Å². The first-order valence-electron chi connectivity index (χ1n) is 5.83. The molecule has 0 amide bonds. The molecule has 0 atom stereocenters. The Balaban J connectivity index is 2.05. The van der Waals surface area contributed by atoms with E-state index in [9.17, 15) is 0 Å². The van der Waals surface area contributed by atoms with E-state index in [0.29, 0.717) is 13.2 Å². The Hall–Kier alpha value is -1.59. The molecular weight excluding hydrogens is 308 g/mol. The maximum Gasteiger partial charge on any atom is 0.137 e. The number of halogens is 1. The molecule has 5 heteroatoms. The van der Waals surface area contributed by atoms with Gasteiger partial charge in [-0.05, 0) is 33.6 Å². The summed E-state index contributed by atoms with van der Waals surface area (Å²) in [5.74, 6) is 1.57. The van der Waals surface area contributed by atoms with Gasteiger partial charge >= 0.3 is 0 Å². The first kappa shape index (κ1) is 13.8. The van der Waals surface area contributed by atoms with Crippen LogP contribution in [-0.4, -0.2) is 12.1 Å². The van der Waals surface area contributed by atoms with E-state index in [4.69, 9.17) is 15.2 Å². The van der Waals surface area contributed by atoms with E-state index < -0.39 is 0 Å². The van der Waals surface area contributed by atoms with Crippen LogP contribution in [0.4, 0.5) is 0 Å². The highest BCUT2D eigenvalue weighted by atomic mass is 79.9. The molecule has 100 valence electrons. The molecule has 2 aromatic rings. The number of methoxy groups -OCH3 is 1. The SMILES string of the molecule is COc1ccc(COc2cc(CN)ncc2Br)cc1. The van der Waals surface area contributed by atoms with Crippen LogP contribution in [0.5, 0.6) is 11.5 Å². The lowest BCUT2D eigenvalue weighted by Gasteiger charge is -2.09. The lowest BCUT2D eigenvalue weighted by atomic mass is 10.2. The van der Waals surface area contributed by atoms with Gasteiger partial charge in [-0.1, -0.05) is 12.1 Å². The summed E-state index contributed by atoms with van der Waals surface area (Å²) < 4.78 is 11.7. The van der Waals surface area contributed by atoms with Crippen molar-refractivity contribution < 1.29 is 9.47 Å². The molecule has 0 radical (unpaired) electrons. The fourth-order valence-electron chi connectivity index (χ4n) is 1.57. The Morgan fingerprint density at radius 1 is 1.26 bits per heavy atom. The average Bonchev–Trinajstić information content (AvgIpc) is 2.47. The second kappa shape index (κ2) is 6.54. The molecular formula is C14H15BrN2O2. The van der Waals surface area contributed by atoms with Crippen LogP contribution in [0.1, 0.15) is 11.3 Å². The van der Waals surface area contributed by atoms with Crippen LogP contribution in [0.15, 0.2) is 41.0 Å². The van der Waals surface area contributed by atoms with Gasteiger partial charge < -0.3 is 15.2 Å². The highest BCUT2D eigenvalue weighted by Crippen LogP contribution is 2.25. The molecule has 0 saturated heterocycles. The van der Waals surface area contributed by atoms with Gasteiger partial charge in [-0.2, -0.15) is 0 Å². The van der Waals surface area contributed by atoms with E-state index in [1.54, 1.807) is 13.3 Å². The van der Waals surface area contributed by atoms with E-state index in [0.717, 1.165) is 27.2 Å². The third kappa shape index (κ3) is 3.68. The Labute approximate surface area is 120 Å². The van der Waals surface area contributed by atoms with Gasteiger partial charge in [-0.3, -0.25) is 4.98 Å². The molecule has 0 saturated carbocycles. The van der Waals surface area contributed by atoms with Gasteiger partial charge in [0, 0.05) is 18.8 Å². The second-order valence-corrected chi connectivity index (χ2v) is 4.80. The zero-order chi connectivity index (χ0) is 13.7. The molecule has 0 aliphatic rings. The Bertz CT molecular complexity index is 544. The van der Waals surface area contributed by atoms with E-state index in [1.807, 2.05) is 30.3 Å². The molecule has 0 bridgehead atoms. The van der Waals surface area contributed by atoms with Crippen LogP contribution in [0.3, 0.4) is 0 Å². The number of hydrogen-bond acceptors (Lipinski definition) is 4. The second-order valence-electron chi connectivity index (χ2n) is 3.95. The minimum Gasteiger partial charge on any atom is -0.497 e. The number of benzene rings is 1. The molecule has 0 aliphatic heterocycles. The minimum atomic E-state index is 0.395. The number of hydrogen-bond donors (Lipinski definition) is 1. The molecule has 19 heavy (non-hydrogen) atoms. The maximum absolute atomic E-state index is 5.76. The van der Waals surface area contributed by atoms with Crippen molar-refractivity contribution in [3.63, 3.8) is 0 Å². The zero-order valence-electron chi connectivity index (χ0n) is 10.6. The van der Waals surface area contributed by atoms with Crippen molar-refractivity contribution in [2.45, 2.75) is 13.2 Å².